The number of nitrogens with two attached hydrogens (primary N) is 1. The van der Waals surface area contributed by atoms with Gasteiger partial charge in [-0.2, -0.15) is 13.2 Å². The number of nitrogens with zero attached hydrogens (tertiary/aromatic N) is 2. The van der Waals surface area contributed by atoms with Crippen LogP contribution in [0.5, 0.6) is 5.75 Å². The number of fused-ring (bicyclic) bond motifs is 1. The summed E-state index contributed by atoms with van der Waals surface area (Å²) in [4.78, 5) is 2.52. The molecule has 1 aromatic heterocycles. The predicted octanol–water partition coefficient (Wildman–Crippen LogP) is 5.30. The Morgan fingerprint density at radius 3 is 2.43 bits per heavy atom. The second kappa shape index (κ2) is 13.0. The van der Waals surface area contributed by atoms with Crippen molar-refractivity contribution in [2.75, 3.05) is 44.0 Å². The monoisotopic (exact) mass is 659 g/mol. The number of nitrogens with one attached hydrogen (secondary N) is 2. The SMILES string of the molecule is COc1cc(S(N)(=O)=O)ccc1NCC#Cc1cc2c(N[C@H]3CC[C@H](N4CCC5(CCO5)CC4)CC3)cccc2n1CC(F)(F)F. The van der Waals surface area contributed by atoms with Crippen LogP contribution < -0.4 is 20.5 Å². The van der Waals surface area contributed by atoms with Gasteiger partial charge in [0, 0.05) is 42.3 Å². The maximum Gasteiger partial charge on any atom is 0.406 e. The molecule has 4 N–H and O–H groups in total. The number of rotatable bonds is 8. The first kappa shape index (κ1) is 32.5. The number of primary sulfonamides is 1. The van der Waals surface area contributed by atoms with Crippen molar-refractivity contribution >= 4 is 32.3 Å². The number of benzene rings is 2. The number of alkyl halides is 3. The van der Waals surface area contributed by atoms with Crippen molar-refractivity contribution in [2.45, 2.75) is 80.2 Å². The number of likely N-dealkylation sites (tertiary alicyclic amines) is 1. The van der Waals surface area contributed by atoms with Gasteiger partial charge in [0.25, 0.3) is 0 Å². The molecule has 3 aromatic rings. The molecule has 3 fully saturated rings. The van der Waals surface area contributed by atoms with Crippen molar-refractivity contribution in [2.24, 2.45) is 5.14 Å². The van der Waals surface area contributed by atoms with Crippen LogP contribution >= 0.6 is 0 Å². The summed E-state index contributed by atoms with van der Waals surface area (Å²) >= 11 is 0. The topological polar surface area (TPSA) is 111 Å². The molecule has 3 heterocycles. The standard InChI is InChI=1S/C33H40F3N5O4S/c1-44-31-21-26(46(37,42)43)11-12-29(31)38-16-3-4-25-20-27-28(5-2-6-30(27)41(25)22-33(34,35)36)39-23-7-9-24(10-8-23)40-17-13-32(14-18-40)15-19-45-32/h2,5-6,11-12,20-21,23-24,38-39H,7-10,13-19,22H2,1H3,(H2,37,42,43)/t23-,24-. The van der Waals surface area contributed by atoms with Crippen molar-refractivity contribution < 1.29 is 31.1 Å². The van der Waals surface area contributed by atoms with E-state index in [4.69, 9.17) is 14.6 Å². The van der Waals surface area contributed by atoms with Crippen LogP contribution in [0, 0.1) is 11.8 Å². The summed E-state index contributed by atoms with van der Waals surface area (Å²) in [5.74, 6) is 6.06. The molecule has 3 aliphatic rings. The van der Waals surface area contributed by atoms with Gasteiger partial charge in [-0.05, 0) is 81.2 Å². The first-order chi connectivity index (χ1) is 21.9. The molecule has 1 saturated carbocycles. The van der Waals surface area contributed by atoms with E-state index in [9.17, 15) is 21.6 Å². The van der Waals surface area contributed by atoms with Crippen LogP contribution in [-0.4, -0.2) is 75.1 Å². The number of anilines is 2. The maximum absolute atomic E-state index is 13.7. The molecule has 0 bridgehead atoms. The zero-order chi connectivity index (χ0) is 32.5. The lowest BCUT2D eigenvalue weighted by Crippen LogP contribution is -2.54. The molecule has 0 unspecified atom stereocenters. The van der Waals surface area contributed by atoms with Crippen LogP contribution in [0.2, 0.25) is 0 Å². The second-order valence-corrected chi connectivity index (χ2v) is 14.1. The van der Waals surface area contributed by atoms with Crippen LogP contribution in [0.1, 0.15) is 50.6 Å². The van der Waals surface area contributed by atoms with E-state index in [2.05, 4.69) is 27.4 Å². The molecule has 9 nitrogen and oxygen atoms in total. The van der Waals surface area contributed by atoms with Crippen LogP contribution in [0.15, 0.2) is 47.4 Å². The number of ether oxygens (including phenoxy) is 2. The van der Waals surface area contributed by atoms with E-state index in [0.717, 1.165) is 63.9 Å². The highest BCUT2D eigenvalue weighted by Gasteiger charge is 2.42. The Balaban J connectivity index is 1.14. The number of hydrogen-bond donors (Lipinski definition) is 3. The van der Waals surface area contributed by atoms with E-state index in [1.807, 2.05) is 6.07 Å². The van der Waals surface area contributed by atoms with E-state index in [1.54, 1.807) is 18.2 Å². The Morgan fingerprint density at radius 1 is 1.07 bits per heavy atom. The van der Waals surface area contributed by atoms with Gasteiger partial charge in [-0.3, -0.25) is 0 Å². The quantitative estimate of drug-likeness (QED) is 0.282. The second-order valence-electron chi connectivity index (χ2n) is 12.5. The maximum atomic E-state index is 13.7. The van der Waals surface area contributed by atoms with Gasteiger partial charge in [-0.15, -0.1) is 0 Å². The molecule has 1 aliphatic carbocycles. The summed E-state index contributed by atoms with van der Waals surface area (Å²) < 4.78 is 76.7. The first-order valence-electron chi connectivity index (χ1n) is 15.7. The minimum atomic E-state index is -4.43. The highest BCUT2D eigenvalue weighted by atomic mass is 32.2. The van der Waals surface area contributed by atoms with Gasteiger partial charge in [-0.25, -0.2) is 13.6 Å². The highest BCUT2D eigenvalue weighted by Crippen LogP contribution is 2.39. The average Bonchev–Trinajstić information content (AvgIpc) is 3.35. The Bertz CT molecular complexity index is 1730. The largest absolute Gasteiger partial charge is 0.495 e. The van der Waals surface area contributed by atoms with Crippen LogP contribution in [-0.2, 0) is 21.3 Å². The van der Waals surface area contributed by atoms with E-state index in [0.29, 0.717) is 22.6 Å². The van der Waals surface area contributed by atoms with E-state index in [-0.39, 0.29) is 34.5 Å². The minimum absolute atomic E-state index is 0.0813. The highest BCUT2D eigenvalue weighted by molar-refractivity contribution is 7.89. The number of piperidine rings is 1. The lowest BCUT2D eigenvalue weighted by molar-refractivity contribution is -0.176. The zero-order valence-electron chi connectivity index (χ0n) is 25.8. The van der Waals surface area contributed by atoms with Gasteiger partial charge in [0.15, 0.2) is 0 Å². The number of sulfonamides is 1. The third-order valence-corrected chi connectivity index (χ3v) is 10.5. The van der Waals surface area contributed by atoms with E-state index < -0.39 is 22.7 Å². The molecule has 1 spiro atoms. The summed E-state index contributed by atoms with van der Waals surface area (Å²) in [6.45, 7) is 2.00. The van der Waals surface area contributed by atoms with Gasteiger partial charge in [0.2, 0.25) is 10.0 Å². The van der Waals surface area contributed by atoms with E-state index >= 15 is 0 Å². The first-order valence-corrected chi connectivity index (χ1v) is 17.2. The summed E-state index contributed by atoms with van der Waals surface area (Å²) in [6.07, 6.45) is 3.18. The fraction of sp³-hybridized carbons (Fsp3) is 0.515. The number of halogens is 3. The molecule has 2 aromatic carbocycles. The summed E-state index contributed by atoms with van der Waals surface area (Å²) in [6, 6.07) is 12.1. The summed E-state index contributed by atoms with van der Waals surface area (Å²) in [5, 5.41) is 12.6. The molecule has 13 heteroatoms. The normalized spacial score (nSPS) is 21.8. The lowest BCUT2D eigenvalue weighted by Gasteiger charge is -2.50. The fourth-order valence-electron chi connectivity index (χ4n) is 7.02. The minimum Gasteiger partial charge on any atom is -0.495 e. The molecular weight excluding hydrogens is 619 g/mol. The van der Waals surface area contributed by atoms with Gasteiger partial charge in [0.1, 0.15) is 12.3 Å². The van der Waals surface area contributed by atoms with Crippen LogP contribution in [0.4, 0.5) is 24.5 Å². The van der Waals surface area contributed by atoms with Crippen molar-refractivity contribution in [3.05, 3.63) is 48.2 Å². The smallest absolute Gasteiger partial charge is 0.406 e. The lowest BCUT2D eigenvalue weighted by atomic mass is 9.82. The molecule has 2 saturated heterocycles. The van der Waals surface area contributed by atoms with Gasteiger partial charge < -0.3 is 29.6 Å². The molecule has 248 valence electrons. The molecule has 0 atom stereocenters. The van der Waals surface area contributed by atoms with Crippen molar-refractivity contribution in [3.63, 3.8) is 0 Å². The average molecular weight is 660 g/mol. The number of aromatic nitrogens is 1. The Hall–Kier alpha value is -3.44. The number of methoxy groups -OCH3 is 1. The third kappa shape index (κ3) is 7.25. The molecule has 2 aliphatic heterocycles. The number of hydrogen-bond acceptors (Lipinski definition) is 7. The Labute approximate surface area is 267 Å². The fourth-order valence-corrected chi connectivity index (χ4v) is 7.55. The Kier molecular flexibility index (Phi) is 9.17. The van der Waals surface area contributed by atoms with Crippen LogP contribution in [0.3, 0.4) is 0 Å². The predicted molar refractivity (Wildman–Crippen MR) is 172 cm³/mol. The van der Waals surface area contributed by atoms with Gasteiger partial charge in [-0.1, -0.05) is 12.0 Å². The molecular formula is C33H40F3N5O4S. The molecule has 6 rings (SSSR count). The van der Waals surface area contributed by atoms with E-state index in [1.165, 1.54) is 36.3 Å². The molecule has 46 heavy (non-hydrogen) atoms. The van der Waals surface area contributed by atoms with Crippen molar-refractivity contribution in [1.82, 2.24) is 9.47 Å². The molecule has 0 amide bonds. The van der Waals surface area contributed by atoms with Gasteiger partial charge in [0.05, 0.1) is 47.7 Å². The summed E-state index contributed by atoms with van der Waals surface area (Å²) in [5.41, 5.74) is 2.15. The van der Waals surface area contributed by atoms with Crippen molar-refractivity contribution in [3.8, 4) is 17.6 Å². The zero-order valence-corrected chi connectivity index (χ0v) is 26.6. The summed E-state index contributed by atoms with van der Waals surface area (Å²) in [7, 11) is -2.52. The molecule has 0 radical (unpaired) electrons. The Morgan fingerprint density at radius 2 is 1.80 bits per heavy atom. The third-order valence-electron chi connectivity index (χ3n) is 9.62. The van der Waals surface area contributed by atoms with Crippen LogP contribution in [0.25, 0.3) is 10.9 Å². The van der Waals surface area contributed by atoms with Crippen molar-refractivity contribution in [1.29, 1.82) is 0 Å². The van der Waals surface area contributed by atoms with Gasteiger partial charge >= 0.3 is 6.18 Å².